The molecule has 2 aromatic rings. The lowest BCUT2D eigenvalue weighted by Crippen LogP contribution is -2.41. The van der Waals surface area contributed by atoms with Crippen LogP contribution in [0.3, 0.4) is 0 Å². The molecule has 0 saturated carbocycles. The van der Waals surface area contributed by atoms with Crippen molar-refractivity contribution < 1.29 is 9.32 Å². The summed E-state index contributed by atoms with van der Waals surface area (Å²) in [6.45, 7) is 1.42. The van der Waals surface area contributed by atoms with Crippen molar-refractivity contribution in [2.24, 2.45) is 0 Å². The number of piperidine rings is 1. The number of alkyl halides is 1. The molecule has 100 valence electrons. The van der Waals surface area contributed by atoms with E-state index in [1.807, 2.05) is 29.2 Å². The smallest absolute Gasteiger partial charge is 0.228 e. The zero-order chi connectivity index (χ0) is 13.2. The lowest BCUT2D eigenvalue weighted by molar-refractivity contribution is -0.131. The summed E-state index contributed by atoms with van der Waals surface area (Å²) < 4.78 is 5.21. The SMILES string of the molecule is O=C(Cc1noc2ccccc12)N1CCCC(Cl)C1. The van der Waals surface area contributed by atoms with E-state index in [1.165, 1.54) is 0 Å². The van der Waals surface area contributed by atoms with Crippen molar-refractivity contribution in [2.75, 3.05) is 13.1 Å². The molecule has 1 amide bonds. The number of hydrogen-bond acceptors (Lipinski definition) is 3. The molecule has 2 heterocycles. The minimum atomic E-state index is 0.0735. The van der Waals surface area contributed by atoms with Gasteiger partial charge < -0.3 is 9.42 Å². The first-order valence-corrected chi connectivity index (χ1v) is 6.93. The molecule has 0 N–H and O–H groups in total. The van der Waals surface area contributed by atoms with Gasteiger partial charge >= 0.3 is 0 Å². The zero-order valence-corrected chi connectivity index (χ0v) is 11.3. The van der Waals surface area contributed by atoms with Crippen LogP contribution in [0.2, 0.25) is 0 Å². The second kappa shape index (κ2) is 5.21. The average molecular weight is 279 g/mol. The van der Waals surface area contributed by atoms with E-state index in [9.17, 15) is 4.79 Å². The predicted octanol–water partition coefficient (Wildman–Crippen LogP) is 2.60. The van der Waals surface area contributed by atoms with Crippen molar-refractivity contribution in [1.29, 1.82) is 0 Å². The number of likely N-dealkylation sites (tertiary alicyclic amines) is 1. The fourth-order valence-electron chi connectivity index (χ4n) is 2.47. The first-order valence-electron chi connectivity index (χ1n) is 6.49. The Labute approximate surface area is 116 Å². The van der Waals surface area contributed by atoms with Crippen LogP contribution in [0.4, 0.5) is 0 Å². The molecule has 0 aliphatic carbocycles. The highest BCUT2D eigenvalue weighted by Crippen LogP contribution is 2.20. The van der Waals surface area contributed by atoms with Gasteiger partial charge in [0, 0.05) is 18.5 Å². The Kier molecular flexibility index (Phi) is 3.42. The number of carbonyl (C=O) groups is 1. The van der Waals surface area contributed by atoms with E-state index in [1.54, 1.807) is 0 Å². The van der Waals surface area contributed by atoms with E-state index < -0.39 is 0 Å². The maximum absolute atomic E-state index is 12.2. The number of carbonyl (C=O) groups excluding carboxylic acids is 1. The van der Waals surface area contributed by atoms with E-state index >= 15 is 0 Å². The van der Waals surface area contributed by atoms with Crippen LogP contribution in [0.25, 0.3) is 11.0 Å². The number of nitrogens with zero attached hydrogens (tertiary/aromatic N) is 2. The van der Waals surface area contributed by atoms with Gasteiger partial charge in [0.15, 0.2) is 5.58 Å². The molecule has 1 unspecified atom stereocenters. The normalized spacial score (nSPS) is 19.8. The minimum Gasteiger partial charge on any atom is -0.356 e. The molecule has 1 aromatic carbocycles. The molecule has 1 aliphatic rings. The van der Waals surface area contributed by atoms with E-state index in [2.05, 4.69) is 5.16 Å². The molecule has 19 heavy (non-hydrogen) atoms. The molecule has 0 bridgehead atoms. The van der Waals surface area contributed by atoms with Crippen LogP contribution in [0, 0.1) is 0 Å². The number of benzene rings is 1. The third kappa shape index (κ3) is 2.59. The molecular formula is C14H15ClN2O2. The van der Waals surface area contributed by atoms with E-state index in [0.717, 1.165) is 30.4 Å². The topological polar surface area (TPSA) is 46.3 Å². The van der Waals surface area contributed by atoms with Crippen LogP contribution < -0.4 is 0 Å². The minimum absolute atomic E-state index is 0.0735. The highest BCUT2D eigenvalue weighted by Gasteiger charge is 2.23. The molecule has 5 heteroatoms. The monoisotopic (exact) mass is 278 g/mol. The Morgan fingerprint density at radius 2 is 2.32 bits per heavy atom. The molecular weight excluding hydrogens is 264 g/mol. The van der Waals surface area contributed by atoms with Crippen LogP contribution in [0.5, 0.6) is 0 Å². The van der Waals surface area contributed by atoms with Crippen LogP contribution in [-0.4, -0.2) is 34.4 Å². The van der Waals surface area contributed by atoms with Crippen molar-refractivity contribution in [1.82, 2.24) is 10.1 Å². The van der Waals surface area contributed by atoms with Gasteiger partial charge in [-0.3, -0.25) is 4.79 Å². The number of rotatable bonds is 2. The molecule has 1 atom stereocenters. The van der Waals surface area contributed by atoms with Crippen LogP contribution in [-0.2, 0) is 11.2 Å². The summed E-state index contributed by atoms with van der Waals surface area (Å²) in [5, 5.41) is 4.98. The fraction of sp³-hybridized carbons (Fsp3) is 0.429. The summed E-state index contributed by atoms with van der Waals surface area (Å²) in [6.07, 6.45) is 2.23. The van der Waals surface area contributed by atoms with E-state index in [-0.39, 0.29) is 17.7 Å². The molecule has 0 spiro atoms. The summed E-state index contributed by atoms with van der Waals surface area (Å²) in [5.41, 5.74) is 1.43. The Bertz CT molecular complexity index is 596. The lowest BCUT2D eigenvalue weighted by atomic mass is 10.1. The molecule has 1 aromatic heterocycles. The Morgan fingerprint density at radius 1 is 1.47 bits per heavy atom. The van der Waals surface area contributed by atoms with Gasteiger partial charge in [0.1, 0.15) is 5.69 Å². The second-order valence-corrected chi connectivity index (χ2v) is 5.50. The Balaban J connectivity index is 1.75. The molecule has 1 fully saturated rings. The molecule has 0 radical (unpaired) electrons. The fourth-order valence-corrected chi connectivity index (χ4v) is 2.79. The average Bonchev–Trinajstić information content (AvgIpc) is 2.82. The maximum atomic E-state index is 12.2. The highest BCUT2D eigenvalue weighted by atomic mass is 35.5. The number of hydrogen-bond donors (Lipinski definition) is 0. The maximum Gasteiger partial charge on any atom is 0.228 e. The largest absolute Gasteiger partial charge is 0.356 e. The third-order valence-corrected chi connectivity index (χ3v) is 3.84. The quantitative estimate of drug-likeness (QED) is 0.793. The van der Waals surface area contributed by atoms with Gasteiger partial charge in [0.05, 0.1) is 11.8 Å². The standard InChI is InChI=1S/C14H15ClN2O2/c15-10-4-3-7-17(9-10)14(18)8-12-11-5-1-2-6-13(11)19-16-12/h1-2,5-6,10H,3-4,7-9H2. The summed E-state index contributed by atoms with van der Waals surface area (Å²) in [4.78, 5) is 14.1. The number of amides is 1. The first-order chi connectivity index (χ1) is 9.24. The van der Waals surface area contributed by atoms with Crippen molar-refractivity contribution in [3.63, 3.8) is 0 Å². The summed E-state index contributed by atoms with van der Waals surface area (Å²) in [5.74, 6) is 0.0735. The van der Waals surface area contributed by atoms with Crippen LogP contribution >= 0.6 is 11.6 Å². The van der Waals surface area contributed by atoms with E-state index in [0.29, 0.717) is 12.2 Å². The summed E-state index contributed by atoms with van der Waals surface area (Å²) in [7, 11) is 0. The van der Waals surface area contributed by atoms with Crippen molar-refractivity contribution in [3.05, 3.63) is 30.0 Å². The van der Waals surface area contributed by atoms with Gasteiger partial charge in [-0.25, -0.2) is 0 Å². The van der Waals surface area contributed by atoms with Crippen LogP contribution in [0.1, 0.15) is 18.5 Å². The number of para-hydroxylation sites is 1. The van der Waals surface area contributed by atoms with E-state index in [4.69, 9.17) is 16.1 Å². The molecule has 1 saturated heterocycles. The lowest BCUT2D eigenvalue weighted by Gasteiger charge is -2.29. The van der Waals surface area contributed by atoms with Gasteiger partial charge in [-0.2, -0.15) is 0 Å². The number of fused-ring (bicyclic) bond motifs is 1. The van der Waals surface area contributed by atoms with Crippen molar-refractivity contribution in [3.8, 4) is 0 Å². The highest BCUT2D eigenvalue weighted by molar-refractivity contribution is 6.20. The number of aromatic nitrogens is 1. The zero-order valence-electron chi connectivity index (χ0n) is 10.5. The van der Waals surface area contributed by atoms with Gasteiger partial charge in [0.25, 0.3) is 0 Å². The van der Waals surface area contributed by atoms with Crippen molar-refractivity contribution in [2.45, 2.75) is 24.6 Å². The van der Waals surface area contributed by atoms with Gasteiger partial charge in [-0.05, 0) is 25.0 Å². The summed E-state index contributed by atoms with van der Waals surface area (Å²) in [6, 6.07) is 7.59. The first kappa shape index (κ1) is 12.5. The van der Waals surface area contributed by atoms with Gasteiger partial charge in [-0.15, -0.1) is 11.6 Å². The van der Waals surface area contributed by atoms with Crippen molar-refractivity contribution >= 4 is 28.5 Å². The Morgan fingerprint density at radius 3 is 3.16 bits per heavy atom. The predicted molar refractivity (Wildman–Crippen MR) is 73.2 cm³/mol. The molecule has 4 nitrogen and oxygen atoms in total. The number of halogens is 1. The van der Waals surface area contributed by atoms with Crippen LogP contribution in [0.15, 0.2) is 28.8 Å². The summed E-state index contributed by atoms with van der Waals surface area (Å²) >= 11 is 6.10. The Hall–Kier alpha value is -1.55. The second-order valence-electron chi connectivity index (χ2n) is 4.88. The molecule has 3 rings (SSSR count). The van der Waals surface area contributed by atoms with Gasteiger partial charge in [0.2, 0.25) is 5.91 Å². The third-order valence-electron chi connectivity index (χ3n) is 3.49. The molecule has 1 aliphatic heterocycles. The van der Waals surface area contributed by atoms with Gasteiger partial charge in [-0.1, -0.05) is 17.3 Å².